The van der Waals surface area contributed by atoms with Gasteiger partial charge in [-0.2, -0.15) is 0 Å². The van der Waals surface area contributed by atoms with Crippen LogP contribution in [-0.4, -0.2) is 6.10 Å². The van der Waals surface area contributed by atoms with Gasteiger partial charge in [0.05, 0.1) is 12.4 Å². The highest BCUT2D eigenvalue weighted by atomic mass is 16.5. The second-order valence-electron chi connectivity index (χ2n) is 7.77. The molecule has 2 atom stereocenters. The van der Waals surface area contributed by atoms with Crippen molar-refractivity contribution in [2.24, 2.45) is 17.8 Å². The zero-order valence-corrected chi connectivity index (χ0v) is 15.1. The number of rotatable bonds is 8. The Morgan fingerprint density at radius 3 is 2.45 bits per heavy atom. The third-order valence-corrected chi connectivity index (χ3v) is 6.01. The Balaban J connectivity index is 1.68. The van der Waals surface area contributed by atoms with Crippen LogP contribution in [0.1, 0.15) is 97.3 Å². The Kier molecular flexibility index (Phi) is 8.41. The molecule has 2 saturated carbocycles. The molecule has 22 heavy (non-hydrogen) atoms. The van der Waals surface area contributed by atoms with Crippen molar-refractivity contribution in [3.63, 3.8) is 0 Å². The van der Waals surface area contributed by atoms with E-state index in [-0.39, 0.29) is 0 Å². The summed E-state index contributed by atoms with van der Waals surface area (Å²) in [6, 6.07) is 0. The van der Waals surface area contributed by atoms with Crippen LogP contribution in [0.4, 0.5) is 0 Å². The predicted octanol–water partition coefficient (Wildman–Crippen LogP) is 6.87. The van der Waals surface area contributed by atoms with Crippen molar-refractivity contribution in [2.45, 2.75) is 103 Å². The maximum Gasteiger partial charge on any atom is 0.0981 e. The molecule has 2 fully saturated rings. The van der Waals surface area contributed by atoms with Crippen LogP contribution >= 0.6 is 0 Å². The fourth-order valence-electron chi connectivity index (χ4n) is 4.65. The van der Waals surface area contributed by atoms with Crippen LogP contribution < -0.4 is 0 Å². The number of allylic oxidation sites excluding steroid dienone is 1. The first-order chi connectivity index (χ1) is 10.8. The summed E-state index contributed by atoms with van der Waals surface area (Å²) in [6.45, 7) is 4.58. The molecule has 0 aromatic carbocycles. The fourth-order valence-corrected chi connectivity index (χ4v) is 4.65. The Morgan fingerprint density at radius 1 is 0.909 bits per heavy atom. The molecule has 2 aliphatic rings. The van der Waals surface area contributed by atoms with E-state index in [9.17, 15) is 0 Å². The summed E-state index contributed by atoms with van der Waals surface area (Å²) in [4.78, 5) is 0. The SMILES string of the molecule is CCCC/C=C/O[C@@H]1CCC[C@@H](C2CCC(CCC)CC2)C1. The van der Waals surface area contributed by atoms with Crippen LogP contribution in [0.15, 0.2) is 12.3 Å². The molecule has 0 radical (unpaired) electrons. The molecule has 0 amide bonds. The molecule has 0 saturated heterocycles. The quantitative estimate of drug-likeness (QED) is 0.351. The molecule has 0 unspecified atom stereocenters. The number of unbranched alkanes of at least 4 members (excludes halogenated alkanes) is 2. The highest BCUT2D eigenvalue weighted by Gasteiger charge is 2.31. The van der Waals surface area contributed by atoms with Gasteiger partial charge >= 0.3 is 0 Å². The molecular weight excluding hydrogens is 268 g/mol. The van der Waals surface area contributed by atoms with Crippen LogP contribution in [0.2, 0.25) is 0 Å². The molecule has 2 aliphatic carbocycles. The lowest BCUT2D eigenvalue weighted by Gasteiger charge is -2.38. The number of hydrogen-bond donors (Lipinski definition) is 0. The number of ether oxygens (including phenoxy) is 1. The monoisotopic (exact) mass is 306 g/mol. The molecule has 0 heterocycles. The van der Waals surface area contributed by atoms with Gasteiger partial charge in [-0.05, 0) is 75.2 Å². The molecule has 0 bridgehead atoms. The maximum atomic E-state index is 6.03. The summed E-state index contributed by atoms with van der Waals surface area (Å²) >= 11 is 0. The molecular formula is C21H38O. The van der Waals surface area contributed by atoms with E-state index in [2.05, 4.69) is 19.9 Å². The minimum atomic E-state index is 0.505. The van der Waals surface area contributed by atoms with E-state index in [0.717, 1.165) is 17.8 Å². The lowest BCUT2D eigenvalue weighted by atomic mass is 9.70. The van der Waals surface area contributed by atoms with Crippen LogP contribution in [0.3, 0.4) is 0 Å². The standard InChI is InChI=1S/C21H38O/c1-3-5-6-7-16-22-21-11-8-10-20(17-21)19-14-12-18(9-4-2)13-15-19/h7,16,18-21H,3-6,8-15,17H2,1-2H3/b16-7+/t18?,19?,20-,21-/m1/s1. The first-order valence-electron chi connectivity index (χ1n) is 10.1. The van der Waals surface area contributed by atoms with E-state index in [4.69, 9.17) is 4.74 Å². The summed E-state index contributed by atoms with van der Waals surface area (Å²) in [5, 5.41) is 0. The van der Waals surface area contributed by atoms with Gasteiger partial charge in [0.15, 0.2) is 0 Å². The van der Waals surface area contributed by atoms with Gasteiger partial charge in [-0.25, -0.2) is 0 Å². The second kappa shape index (κ2) is 10.3. The van der Waals surface area contributed by atoms with Crippen molar-refractivity contribution in [2.75, 3.05) is 0 Å². The summed E-state index contributed by atoms with van der Waals surface area (Å²) < 4.78 is 6.03. The zero-order chi connectivity index (χ0) is 15.6. The molecule has 2 rings (SSSR count). The Bertz CT molecular complexity index is 301. The van der Waals surface area contributed by atoms with Gasteiger partial charge in [0.25, 0.3) is 0 Å². The van der Waals surface area contributed by atoms with E-state index in [1.165, 1.54) is 83.5 Å². The van der Waals surface area contributed by atoms with E-state index < -0.39 is 0 Å². The summed E-state index contributed by atoms with van der Waals surface area (Å²) in [5.41, 5.74) is 0. The van der Waals surface area contributed by atoms with Gasteiger partial charge in [-0.3, -0.25) is 0 Å². The lowest BCUT2D eigenvalue weighted by molar-refractivity contribution is 0.0510. The molecule has 0 aromatic rings. The largest absolute Gasteiger partial charge is 0.498 e. The first-order valence-corrected chi connectivity index (χ1v) is 10.1. The topological polar surface area (TPSA) is 9.23 Å². The van der Waals surface area contributed by atoms with Crippen LogP contribution in [0.25, 0.3) is 0 Å². The second-order valence-corrected chi connectivity index (χ2v) is 7.77. The lowest BCUT2D eigenvalue weighted by Crippen LogP contribution is -2.29. The van der Waals surface area contributed by atoms with Crippen molar-refractivity contribution >= 4 is 0 Å². The molecule has 0 aliphatic heterocycles. The maximum absolute atomic E-state index is 6.03. The highest BCUT2D eigenvalue weighted by molar-refractivity contribution is 4.84. The normalized spacial score (nSPS) is 33.2. The molecule has 0 spiro atoms. The minimum absolute atomic E-state index is 0.505. The molecule has 0 N–H and O–H groups in total. The van der Waals surface area contributed by atoms with Crippen molar-refractivity contribution in [1.29, 1.82) is 0 Å². The fraction of sp³-hybridized carbons (Fsp3) is 0.905. The molecule has 1 nitrogen and oxygen atoms in total. The van der Waals surface area contributed by atoms with Gasteiger partial charge in [0, 0.05) is 0 Å². The third kappa shape index (κ3) is 5.97. The Hall–Kier alpha value is -0.460. The van der Waals surface area contributed by atoms with Crippen LogP contribution in [0, 0.1) is 17.8 Å². The summed E-state index contributed by atoms with van der Waals surface area (Å²) in [5.74, 6) is 2.99. The smallest absolute Gasteiger partial charge is 0.0981 e. The van der Waals surface area contributed by atoms with Crippen molar-refractivity contribution in [3.05, 3.63) is 12.3 Å². The van der Waals surface area contributed by atoms with Gasteiger partial charge in [-0.1, -0.05) is 46.0 Å². The average molecular weight is 307 g/mol. The average Bonchev–Trinajstić information content (AvgIpc) is 2.56. The molecule has 0 aromatic heterocycles. The van der Waals surface area contributed by atoms with E-state index in [0.29, 0.717) is 6.10 Å². The third-order valence-electron chi connectivity index (χ3n) is 6.01. The first kappa shape index (κ1) is 17.9. The molecule has 1 heteroatoms. The zero-order valence-electron chi connectivity index (χ0n) is 15.1. The van der Waals surface area contributed by atoms with Gasteiger partial charge in [0.1, 0.15) is 0 Å². The Labute approximate surface area is 138 Å². The number of hydrogen-bond acceptors (Lipinski definition) is 1. The van der Waals surface area contributed by atoms with Crippen LogP contribution in [-0.2, 0) is 4.74 Å². The van der Waals surface area contributed by atoms with E-state index in [1.54, 1.807) is 0 Å². The van der Waals surface area contributed by atoms with Gasteiger partial charge in [-0.15, -0.1) is 0 Å². The van der Waals surface area contributed by atoms with E-state index >= 15 is 0 Å². The summed E-state index contributed by atoms with van der Waals surface area (Å²) in [6.07, 6.45) is 22.7. The van der Waals surface area contributed by atoms with Gasteiger partial charge in [0.2, 0.25) is 0 Å². The predicted molar refractivity (Wildman–Crippen MR) is 95.9 cm³/mol. The van der Waals surface area contributed by atoms with Crippen molar-refractivity contribution in [1.82, 2.24) is 0 Å². The minimum Gasteiger partial charge on any atom is -0.498 e. The van der Waals surface area contributed by atoms with Crippen molar-refractivity contribution < 1.29 is 4.74 Å². The molecule has 128 valence electrons. The van der Waals surface area contributed by atoms with Gasteiger partial charge < -0.3 is 4.74 Å². The van der Waals surface area contributed by atoms with Crippen LogP contribution in [0.5, 0.6) is 0 Å². The van der Waals surface area contributed by atoms with E-state index in [1.807, 2.05) is 6.26 Å². The van der Waals surface area contributed by atoms with Crippen molar-refractivity contribution in [3.8, 4) is 0 Å². The highest BCUT2D eigenvalue weighted by Crippen LogP contribution is 2.41. The Morgan fingerprint density at radius 2 is 1.73 bits per heavy atom. The summed E-state index contributed by atoms with van der Waals surface area (Å²) in [7, 11) is 0.